The van der Waals surface area contributed by atoms with Crippen molar-refractivity contribution in [1.29, 1.82) is 0 Å². The van der Waals surface area contributed by atoms with Gasteiger partial charge in [-0.15, -0.1) is 0 Å². The molecule has 6 nitrogen and oxygen atoms in total. The number of sulfonamides is 1. The maximum Gasteiger partial charge on any atom is 0.321 e. The molecule has 20 heavy (non-hydrogen) atoms. The molecule has 0 spiro atoms. The van der Waals surface area contributed by atoms with E-state index in [1.807, 2.05) is 0 Å². The number of ether oxygens (including phenoxy) is 1. The smallest absolute Gasteiger partial charge is 0.321 e. The number of aromatic nitrogens is 1. The van der Waals surface area contributed by atoms with E-state index < -0.39 is 16.0 Å². The zero-order chi connectivity index (χ0) is 14.8. The van der Waals surface area contributed by atoms with Gasteiger partial charge in [0.2, 0.25) is 10.0 Å². The minimum absolute atomic E-state index is 0.120. The lowest BCUT2D eigenvalue weighted by Gasteiger charge is -2.16. The predicted octanol–water partition coefficient (Wildman–Crippen LogP) is 1.03. The molecular weight excluding hydrogens is 280 g/mol. The Morgan fingerprint density at radius 1 is 1.30 bits per heavy atom. The minimum Gasteiger partial charge on any atom is -0.468 e. The van der Waals surface area contributed by atoms with Gasteiger partial charge in [-0.2, -0.15) is 4.31 Å². The molecule has 0 unspecified atom stereocenters. The normalized spacial score (nSPS) is 11.8. The fraction of sp³-hybridized carbons (Fsp3) is 0.231. The number of fused-ring (bicyclic) bond motifs is 1. The molecule has 0 amide bonds. The number of carbonyl (C=O) groups excluding carboxylic acids is 1. The molecular formula is C13H14N2O4S. The summed E-state index contributed by atoms with van der Waals surface area (Å²) in [6.45, 7) is -0.338. The first-order valence-electron chi connectivity index (χ1n) is 5.83. The number of nitrogens with zero attached hydrogens (tertiary/aromatic N) is 2. The van der Waals surface area contributed by atoms with E-state index in [9.17, 15) is 13.2 Å². The van der Waals surface area contributed by atoms with Crippen LogP contribution in [0.5, 0.6) is 0 Å². The average molecular weight is 294 g/mol. The summed E-state index contributed by atoms with van der Waals surface area (Å²) in [6, 6.07) is 8.19. The van der Waals surface area contributed by atoms with Gasteiger partial charge in [-0.25, -0.2) is 8.42 Å². The molecule has 1 aromatic heterocycles. The van der Waals surface area contributed by atoms with E-state index in [1.165, 1.54) is 20.2 Å². The first-order valence-corrected chi connectivity index (χ1v) is 7.27. The van der Waals surface area contributed by atoms with Gasteiger partial charge >= 0.3 is 5.97 Å². The topological polar surface area (TPSA) is 76.6 Å². The van der Waals surface area contributed by atoms with Crippen LogP contribution in [0, 0.1) is 0 Å². The SMILES string of the molecule is COC(=O)CN(C)S(=O)(=O)c1cccc2ncccc12. The predicted molar refractivity (Wildman–Crippen MR) is 73.6 cm³/mol. The standard InChI is InChI=1S/C13H14N2O4S/c1-15(9-13(16)19-2)20(17,18)12-7-3-6-11-10(12)5-4-8-14-11/h3-8H,9H2,1-2H3. The maximum atomic E-state index is 12.5. The van der Waals surface area contributed by atoms with Crippen LogP contribution in [-0.2, 0) is 19.6 Å². The number of pyridine rings is 1. The molecule has 7 heteroatoms. The van der Waals surface area contributed by atoms with Crippen LogP contribution in [0.15, 0.2) is 41.4 Å². The number of likely N-dealkylation sites (N-methyl/N-ethyl adjacent to an activating group) is 1. The van der Waals surface area contributed by atoms with E-state index in [2.05, 4.69) is 9.72 Å². The Morgan fingerprint density at radius 3 is 2.75 bits per heavy atom. The summed E-state index contributed by atoms with van der Waals surface area (Å²) in [6.07, 6.45) is 1.59. The van der Waals surface area contributed by atoms with Crippen molar-refractivity contribution in [1.82, 2.24) is 9.29 Å². The molecule has 106 valence electrons. The van der Waals surface area contributed by atoms with Gasteiger partial charge in [0.25, 0.3) is 0 Å². The molecule has 0 saturated carbocycles. The second-order valence-electron chi connectivity index (χ2n) is 4.16. The Balaban J connectivity index is 2.49. The third kappa shape index (κ3) is 2.63. The number of hydrogen-bond acceptors (Lipinski definition) is 5. The van der Waals surface area contributed by atoms with Crippen LogP contribution in [0.25, 0.3) is 10.9 Å². The van der Waals surface area contributed by atoms with E-state index in [1.54, 1.807) is 30.5 Å². The zero-order valence-corrected chi connectivity index (χ0v) is 11.9. The van der Waals surface area contributed by atoms with Gasteiger partial charge in [-0.05, 0) is 24.3 Å². The van der Waals surface area contributed by atoms with Crippen LogP contribution < -0.4 is 0 Å². The van der Waals surface area contributed by atoms with Gasteiger partial charge in [0.15, 0.2) is 0 Å². The van der Waals surface area contributed by atoms with Crippen LogP contribution in [0.1, 0.15) is 0 Å². The summed E-state index contributed by atoms with van der Waals surface area (Å²) in [5.41, 5.74) is 0.583. The molecule has 1 heterocycles. The first-order chi connectivity index (χ1) is 9.46. The van der Waals surface area contributed by atoms with Crippen LogP contribution in [0.3, 0.4) is 0 Å². The van der Waals surface area contributed by atoms with E-state index >= 15 is 0 Å². The summed E-state index contributed by atoms with van der Waals surface area (Å²) in [4.78, 5) is 15.5. The van der Waals surface area contributed by atoms with Crippen molar-refractivity contribution in [3.05, 3.63) is 36.5 Å². The highest BCUT2D eigenvalue weighted by atomic mass is 32.2. The maximum absolute atomic E-state index is 12.5. The number of hydrogen-bond donors (Lipinski definition) is 0. The molecule has 0 aliphatic heterocycles. The third-order valence-electron chi connectivity index (χ3n) is 2.87. The van der Waals surface area contributed by atoms with Gasteiger partial charge in [0, 0.05) is 18.6 Å². The highest BCUT2D eigenvalue weighted by Crippen LogP contribution is 2.23. The van der Waals surface area contributed by atoms with Gasteiger partial charge in [0.05, 0.1) is 17.5 Å². The molecule has 0 bridgehead atoms. The lowest BCUT2D eigenvalue weighted by atomic mass is 10.2. The summed E-state index contributed by atoms with van der Waals surface area (Å²) in [7, 11) is -1.23. The van der Waals surface area contributed by atoms with Crippen LogP contribution in [-0.4, -0.2) is 44.4 Å². The minimum atomic E-state index is -3.78. The van der Waals surface area contributed by atoms with Crippen LogP contribution in [0.2, 0.25) is 0 Å². The fourth-order valence-corrected chi connectivity index (χ4v) is 3.11. The van der Waals surface area contributed by atoms with E-state index in [4.69, 9.17) is 0 Å². The Morgan fingerprint density at radius 2 is 2.05 bits per heavy atom. The van der Waals surface area contributed by atoms with E-state index in [0.29, 0.717) is 10.9 Å². The molecule has 0 aliphatic carbocycles. The average Bonchev–Trinajstić information content (AvgIpc) is 2.46. The summed E-state index contributed by atoms with van der Waals surface area (Å²) in [5.74, 6) is -0.616. The second-order valence-corrected chi connectivity index (χ2v) is 6.18. The summed E-state index contributed by atoms with van der Waals surface area (Å²) in [5, 5.41) is 0.520. The Kier molecular flexibility index (Phi) is 4.01. The lowest BCUT2D eigenvalue weighted by molar-refractivity contribution is -0.140. The quantitative estimate of drug-likeness (QED) is 0.787. The Hall–Kier alpha value is -1.99. The number of benzene rings is 1. The highest BCUT2D eigenvalue weighted by molar-refractivity contribution is 7.89. The van der Waals surface area contributed by atoms with Crippen molar-refractivity contribution in [3.8, 4) is 0 Å². The molecule has 2 aromatic rings. The number of methoxy groups -OCH3 is 1. The molecule has 0 N–H and O–H groups in total. The molecule has 0 radical (unpaired) electrons. The van der Waals surface area contributed by atoms with Crippen molar-refractivity contribution < 1.29 is 17.9 Å². The first kappa shape index (κ1) is 14.4. The zero-order valence-electron chi connectivity index (χ0n) is 11.1. The van der Waals surface area contributed by atoms with Gasteiger partial charge in [-0.1, -0.05) is 6.07 Å². The second kappa shape index (κ2) is 5.56. The Bertz CT molecular complexity index is 738. The van der Waals surface area contributed by atoms with E-state index in [-0.39, 0.29) is 11.4 Å². The molecule has 1 aromatic carbocycles. The van der Waals surface area contributed by atoms with Gasteiger partial charge in [0.1, 0.15) is 6.54 Å². The molecule has 0 aliphatic rings. The molecule has 0 fully saturated rings. The molecule has 0 saturated heterocycles. The molecule has 2 rings (SSSR count). The largest absolute Gasteiger partial charge is 0.468 e. The number of carbonyl (C=O) groups is 1. The van der Waals surface area contributed by atoms with Crippen molar-refractivity contribution in [2.75, 3.05) is 20.7 Å². The molecule has 0 atom stereocenters. The van der Waals surface area contributed by atoms with Crippen LogP contribution >= 0.6 is 0 Å². The number of esters is 1. The third-order valence-corrected chi connectivity index (χ3v) is 4.73. The van der Waals surface area contributed by atoms with Crippen molar-refractivity contribution in [2.45, 2.75) is 4.90 Å². The number of rotatable bonds is 4. The Labute approximate surface area is 117 Å². The van der Waals surface area contributed by atoms with Crippen molar-refractivity contribution >= 4 is 26.9 Å². The highest BCUT2D eigenvalue weighted by Gasteiger charge is 2.25. The lowest BCUT2D eigenvalue weighted by Crippen LogP contribution is -2.32. The van der Waals surface area contributed by atoms with Crippen LogP contribution in [0.4, 0.5) is 0 Å². The van der Waals surface area contributed by atoms with E-state index in [0.717, 1.165) is 4.31 Å². The fourth-order valence-electron chi connectivity index (χ4n) is 1.80. The van der Waals surface area contributed by atoms with Crippen molar-refractivity contribution in [2.24, 2.45) is 0 Å². The summed E-state index contributed by atoms with van der Waals surface area (Å²) >= 11 is 0. The summed E-state index contributed by atoms with van der Waals surface area (Å²) < 4.78 is 30.4. The van der Waals surface area contributed by atoms with Gasteiger partial charge < -0.3 is 4.74 Å². The van der Waals surface area contributed by atoms with Gasteiger partial charge in [-0.3, -0.25) is 9.78 Å². The van der Waals surface area contributed by atoms with Crippen molar-refractivity contribution in [3.63, 3.8) is 0 Å². The monoisotopic (exact) mass is 294 g/mol.